The van der Waals surface area contributed by atoms with E-state index in [0.29, 0.717) is 44.2 Å². The highest BCUT2D eigenvalue weighted by atomic mass is 79.9. The van der Waals surface area contributed by atoms with Crippen molar-refractivity contribution in [2.45, 2.75) is 0 Å². The average Bonchev–Trinajstić information content (AvgIpc) is 2.46. The third-order valence-corrected chi connectivity index (χ3v) is 3.45. The molecule has 0 atom stereocenters. The largest absolute Gasteiger partial charge is 0.488 e. The van der Waals surface area contributed by atoms with Crippen molar-refractivity contribution in [1.29, 1.82) is 0 Å². The van der Waals surface area contributed by atoms with Gasteiger partial charge in [-0.2, -0.15) is 0 Å². The quantitative estimate of drug-likeness (QED) is 0.798. The van der Waals surface area contributed by atoms with Gasteiger partial charge in [-0.25, -0.2) is 0 Å². The van der Waals surface area contributed by atoms with E-state index >= 15 is 0 Å². The van der Waals surface area contributed by atoms with Crippen molar-refractivity contribution in [3.63, 3.8) is 0 Å². The monoisotopic (exact) mass is 325 g/mol. The van der Waals surface area contributed by atoms with Crippen LogP contribution in [0.2, 0.25) is 0 Å². The van der Waals surface area contributed by atoms with Crippen LogP contribution in [0, 0.1) is 0 Å². The molecule has 5 heteroatoms. The van der Waals surface area contributed by atoms with Gasteiger partial charge in [-0.15, -0.1) is 0 Å². The maximum absolute atomic E-state index is 12.3. The van der Waals surface area contributed by atoms with Gasteiger partial charge in [0.25, 0.3) is 5.91 Å². The summed E-state index contributed by atoms with van der Waals surface area (Å²) in [5, 5.41) is 0. The first kappa shape index (κ1) is 14.1. The van der Waals surface area contributed by atoms with Gasteiger partial charge in [0.1, 0.15) is 12.4 Å². The normalized spacial score (nSPS) is 15.1. The summed E-state index contributed by atoms with van der Waals surface area (Å²) in [5.41, 5.74) is 0.653. The Hall–Kier alpha value is -1.33. The molecule has 0 radical (unpaired) electrons. The van der Waals surface area contributed by atoms with E-state index in [9.17, 15) is 4.79 Å². The minimum absolute atomic E-state index is 0.0271. The van der Waals surface area contributed by atoms with Crippen LogP contribution in [0.5, 0.6) is 5.75 Å². The molecule has 0 N–H and O–H groups in total. The van der Waals surface area contributed by atoms with Gasteiger partial charge in [-0.05, 0) is 34.1 Å². The van der Waals surface area contributed by atoms with Crippen LogP contribution in [-0.4, -0.2) is 43.7 Å². The third kappa shape index (κ3) is 3.58. The van der Waals surface area contributed by atoms with Crippen LogP contribution >= 0.6 is 15.9 Å². The topological polar surface area (TPSA) is 38.8 Å². The van der Waals surface area contributed by atoms with E-state index in [-0.39, 0.29) is 5.91 Å². The molecule has 0 saturated carbocycles. The van der Waals surface area contributed by atoms with Gasteiger partial charge in [-0.1, -0.05) is 12.7 Å². The number of morpholine rings is 1. The van der Waals surface area contributed by atoms with Gasteiger partial charge in [0.05, 0.1) is 17.7 Å². The second-order valence-electron chi connectivity index (χ2n) is 4.15. The Morgan fingerprint density at radius 1 is 1.47 bits per heavy atom. The maximum atomic E-state index is 12.3. The van der Waals surface area contributed by atoms with Crippen LogP contribution in [-0.2, 0) is 4.74 Å². The fraction of sp³-hybridized carbons (Fsp3) is 0.357. The molecule has 0 spiro atoms. The summed E-state index contributed by atoms with van der Waals surface area (Å²) in [5.74, 6) is 0.734. The SMILES string of the molecule is C=CCOc1ccc(C(=O)N2CCOCC2)cc1Br. The van der Waals surface area contributed by atoms with Crippen LogP contribution in [0.3, 0.4) is 0 Å². The number of hydrogen-bond acceptors (Lipinski definition) is 3. The molecule has 4 nitrogen and oxygen atoms in total. The lowest BCUT2D eigenvalue weighted by Crippen LogP contribution is -2.40. The second-order valence-corrected chi connectivity index (χ2v) is 5.00. The fourth-order valence-electron chi connectivity index (χ4n) is 1.85. The van der Waals surface area contributed by atoms with Crippen molar-refractivity contribution >= 4 is 21.8 Å². The number of nitrogens with zero attached hydrogens (tertiary/aromatic N) is 1. The summed E-state index contributed by atoms with van der Waals surface area (Å²) in [6.07, 6.45) is 1.68. The van der Waals surface area contributed by atoms with Gasteiger partial charge in [0.15, 0.2) is 0 Å². The number of halogens is 1. The predicted octanol–water partition coefficient (Wildman–Crippen LogP) is 2.49. The Kier molecular flexibility index (Phi) is 4.99. The lowest BCUT2D eigenvalue weighted by atomic mass is 10.2. The van der Waals surface area contributed by atoms with Gasteiger partial charge in [0, 0.05) is 18.7 Å². The lowest BCUT2D eigenvalue weighted by molar-refractivity contribution is 0.0303. The van der Waals surface area contributed by atoms with Gasteiger partial charge >= 0.3 is 0 Å². The molecule has 2 rings (SSSR count). The van der Waals surface area contributed by atoms with Crippen LogP contribution in [0.4, 0.5) is 0 Å². The number of ether oxygens (including phenoxy) is 2. The highest BCUT2D eigenvalue weighted by molar-refractivity contribution is 9.10. The molecule has 1 fully saturated rings. The summed E-state index contributed by atoms with van der Waals surface area (Å²) in [6, 6.07) is 5.36. The molecule has 0 unspecified atom stereocenters. The van der Waals surface area contributed by atoms with E-state index in [1.54, 1.807) is 29.2 Å². The van der Waals surface area contributed by atoms with Crippen molar-refractivity contribution in [3.8, 4) is 5.75 Å². The second kappa shape index (κ2) is 6.73. The Morgan fingerprint density at radius 3 is 2.84 bits per heavy atom. The van der Waals surface area contributed by atoms with Gasteiger partial charge in [0.2, 0.25) is 0 Å². The number of hydrogen-bond donors (Lipinski definition) is 0. The number of benzene rings is 1. The molecule has 0 aromatic heterocycles. The number of rotatable bonds is 4. The molecule has 19 heavy (non-hydrogen) atoms. The Bertz CT molecular complexity index is 470. The molecule has 102 valence electrons. The summed E-state index contributed by atoms with van der Waals surface area (Å²) in [4.78, 5) is 14.1. The molecule has 1 aromatic rings. The van der Waals surface area contributed by atoms with E-state index in [2.05, 4.69) is 22.5 Å². The summed E-state index contributed by atoms with van der Waals surface area (Å²) in [6.45, 7) is 6.54. The molecule has 1 heterocycles. The molecule has 1 aliphatic rings. The van der Waals surface area contributed by atoms with E-state index in [0.717, 1.165) is 4.47 Å². The molecular formula is C14H16BrNO3. The van der Waals surface area contributed by atoms with E-state index in [1.165, 1.54) is 0 Å². The smallest absolute Gasteiger partial charge is 0.254 e. The average molecular weight is 326 g/mol. The molecule has 1 aromatic carbocycles. The standard InChI is InChI=1S/C14H16BrNO3/c1-2-7-19-13-4-3-11(10-12(13)15)14(17)16-5-8-18-9-6-16/h2-4,10H,1,5-9H2. The number of amides is 1. The van der Waals surface area contributed by atoms with Crippen LogP contribution in [0.25, 0.3) is 0 Å². The molecule has 0 bridgehead atoms. The molecule has 1 amide bonds. The van der Waals surface area contributed by atoms with Crippen molar-refractivity contribution in [2.24, 2.45) is 0 Å². The third-order valence-electron chi connectivity index (χ3n) is 2.83. The molecular weight excluding hydrogens is 310 g/mol. The lowest BCUT2D eigenvalue weighted by Gasteiger charge is -2.27. The van der Waals surface area contributed by atoms with Gasteiger partial charge in [-0.3, -0.25) is 4.79 Å². The number of carbonyl (C=O) groups excluding carboxylic acids is 1. The fourth-order valence-corrected chi connectivity index (χ4v) is 2.34. The van der Waals surface area contributed by atoms with Crippen molar-refractivity contribution in [3.05, 3.63) is 40.9 Å². The highest BCUT2D eigenvalue weighted by Gasteiger charge is 2.19. The first-order valence-electron chi connectivity index (χ1n) is 6.12. The van der Waals surface area contributed by atoms with E-state index < -0.39 is 0 Å². The summed E-state index contributed by atoms with van der Waals surface area (Å²) in [7, 11) is 0. The van der Waals surface area contributed by atoms with E-state index in [1.807, 2.05) is 0 Å². The molecule has 0 aliphatic carbocycles. The van der Waals surface area contributed by atoms with Crippen molar-refractivity contribution in [1.82, 2.24) is 4.90 Å². The maximum Gasteiger partial charge on any atom is 0.254 e. The van der Waals surface area contributed by atoms with Crippen molar-refractivity contribution in [2.75, 3.05) is 32.9 Å². The first-order chi connectivity index (χ1) is 9.22. The Balaban J connectivity index is 2.09. The zero-order valence-corrected chi connectivity index (χ0v) is 12.2. The molecule has 1 aliphatic heterocycles. The van der Waals surface area contributed by atoms with E-state index in [4.69, 9.17) is 9.47 Å². The first-order valence-corrected chi connectivity index (χ1v) is 6.92. The van der Waals surface area contributed by atoms with Crippen LogP contribution < -0.4 is 4.74 Å². The highest BCUT2D eigenvalue weighted by Crippen LogP contribution is 2.26. The Labute approximate surface area is 121 Å². The van der Waals surface area contributed by atoms with Gasteiger partial charge < -0.3 is 14.4 Å². The van der Waals surface area contributed by atoms with Crippen LogP contribution in [0.1, 0.15) is 10.4 Å². The summed E-state index contributed by atoms with van der Waals surface area (Å²) >= 11 is 3.41. The Morgan fingerprint density at radius 2 is 2.21 bits per heavy atom. The van der Waals surface area contributed by atoms with Crippen LogP contribution in [0.15, 0.2) is 35.3 Å². The molecule has 1 saturated heterocycles. The summed E-state index contributed by atoms with van der Waals surface area (Å²) < 4.78 is 11.5. The zero-order chi connectivity index (χ0) is 13.7. The predicted molar refractivity (Wildman–Crippen MR) is 76.6 cm³/mol. The zero-order valence-electron chi connectivity index (χ0n) is 10.6. The minimum Gasteiger partial charge on any atom is -0.488 e. The minimum atomic E-state index is 0.0271. The van der Waals surface area contributed by atoms with Crippen molar-refractivity contribution < 1.29 is 14.3 Å². The number of carbonyl (C=O) groups is 1.